The van der Waals surface area contributed by atoms with Crippen molar-refractivity contribution in [1.29, 1.82) is 0 Å². The van der Waals surface area contributed by atoms with Gasteiger partial charge in [-0.05, 0) is 11.5 Å². The minimum Gasteiger partial charge on any atom is -0.398 e. The minimum absolute atomic E-state index is 0.0265. The number of piperidine rings is 1. The molecule has 1 aliphatic heterocycles. The third-order valence-corrected chi connectivity index (χ3v) is 3.53. The van der Waals surface area contributed by atoms with Crippen molar-refractivity contribution in [3.05, 3.63) is 33.9 Å². The molecule has 2 rings (SSSR count). The standard InChI is InChI=1S/C14H17N3O4/c1-14(2)6-12(18)16(13(19)7-14)8-9-5-10(17(20)21)3-4-11(9)15/h3-5H,6-8,15H2,1-2H3. The molecular weight excluding hydrogens is 274 g/mol. The quantitative estimate of drug-likeness (QED) is 0.396. The van der Waals surface area contributed by atoms with Crippen LogP contribution in [0.3, 0.4) is 0 Å². The first kappa shape index (κ1) is 15.0. The Kier molecular flexibility index (Phi) is 3.67. The molecule has 7 heteroatoms. The summed E-state index contributed by atoms with van der Waals surface area (Å²) in [6, 6.07) is 4.01. The fraction of sp³-hybridized carbons (Fsp3) is 0.429. The van der Waals surface area contributed by atoms with Crippen LogP contribution in [0.15, 0.2) is 18.2 Å². The first-order chi connectivity index (χ1) is 9.69. The fourth-order valence-corrected chi connectivity index (χ4v) is 2.40. The van der Waals surface area contributed by atoms with Gasteiger partial charge in [0.15, 0.2) is 0 Å². The molecule has 0 unspecified atom stereocenters. The molecule has 112 valence electrons. The summed E-state index contributed by atoms with van der Waals surface area (Å²) in [5, 5.41) is 10.8. The second kappa shape index (κ2) is 5.16. The third kappa shape index (κ3) is 3.18. The number of carbonyl (C=O) groups is 2. The van der Waals surface area contributed by atoms with E-state index in [1.807, 2.05) is 13.8 Å². The highest BCUT2D eigenvalue weighted by Crippen LogP contribution is 2.33. The van der Waals surface area contributed by atoms with Crippen molar-refractivity contribution in [3.8, 4) is 0 Å². The molecule has 1 aliphatic rings. The molecule has 1 aromatic rings. The number of nitrogen functional groups attached to an aromatic ring is 1. The molecule has 0 atom stereocenters. The largest absolute Gasteiger partial charge is 0.398 e. The predicted octanol–water partition coefficient (Wildman–Crippen LogP) is 1.85. The van der Waals surface area contributed by atoms with E-state index in [0.717, 1.165) is 4.90 Å². The number of nitro benzene ring substituents is 1. The Labute approximate surface area is 121 Å². The van der Waals surface area contributed by atoms with E-state index in [-0.39, 0.29) is 42.3 Å². The van der Waals surface area contributed by atoms with Crippen molar-refractivity contribution in [1.82, 2.24) is 4.90 Å². The number of amides is 2. The van der Waals surface area contributed by atoms with E-state index in [1.165, 1.54) is 18.2 Å². The van der Waals surface area contributed by atoms with Crippen LogP contribution >= 0.6 is 0 Å². The number of likely N-dealkylation sites (tertiary alicyclic amines) is 1. The zero-order chi connectivity index (χ0) is 15.8. The molecule has 1 heterocycles. The maximum Gasteiger partial charge on any atom is 0.269 e. The van der Waals surface area contributed by atoms with Gasteiger partial charge in [0.25, 0.3) is 5.69 Å². The molecule has 21 heavy (non-hydrogen) atoms. The van der Waals surface area contributed by atoms with Crippen molar-refractivity contribution in [3.63, 3.8) is 0 Å². The van der Waals surface area contributed by atoms with E-state index in [2.05, 4.69) is 0 Å². The number of nitrogens with two attached hydrogens (primary N) is 1. The average molecular weight is 291 g/mol. The number of non-ortho nitro benzene ring substituents is 1. The van der Waals surface area contributed by atoms with Gasteiger partial charge in [-0.15, -0.1) is 0 Å². The van der Waals surface area contributed by atoms with Crippen LogP contribution in [-0.4, -0.2) is 21.6 Å². The third-order valence-electron chi connectivity index (χ3n) is 3.53. The molecule has 0 spiro atoms. The van der Waals surface area contributed by atoms with Gasteiger partial charge in [-0.25, -0.2) is 0 Å². The Morgan fingerprint density at radius 3 is 2.38 bits per heavy atom. The minimum atomic E-state index is -0.536. The van der Waals surface area contributed by atoms with Gasteiger partial charge in [0.05, 0.1) is 11.5 Å². The molecule has 0 saturated carbocycles. The number of carbonyl (C=O) groups excluding carboxylic acids is 2. The summed E-state index contributed by atoms with van der Waals surface area (Å²) >= 11 is 0. The second-order valence-electron chi connectivity index (χ2n) is 6.03. The van der Waals surface area contributed by atoms with Gasteiger partial charge in [0, 0.05) is 36.2 Å². The first-order valence-corrected chi connectivity index (χ1v) is 6.55. The summed E-state index contributed by atoms with van der Waals surface area (Å²) in [6.45, 7) is 3.70. The van der Waals surface area contributed by atoms with Crippen molar-refractivity contribution in [2.45, 2.75) is 33.2 Å². The molecule has 0 bridgehead atoms. The molecule has 2 N–H and O–H groups in total. The SMILES string of the molecule is CC1(C)CC(=O)N(Cc2cc([N+](=O)[O-])ccc2N)C(=O)C1. The van der Waals surface area contributed by atoms with Crippen molar-refractivity contribution in [2.24, 2.45) is 5.41 Å². The van der Waals surface area contributed by atoms with Gasteiger partial charge in [0.2, 0.25) is 11.8 Å². The van der Waals surface area contributed by atoms with E-state index in [9.17, 15) is 19.7 Å². The summed E-state index contributed by atoms with van der Waals surface area (Å²) in [6.07, 6.45) is 0.543. The lowest BCUT2D eigenvalue weighted by atomic mass is 9.81. The molecule has 2 amide bonds. The molecule has 1 aromatic carbocycles. The summed E-state index contributed by atoms with van der Waals surface area (Å²) in [4.78, 5) is 35.5. The van der Waals surface area contributed by atoms with Crippen LogP contribution in [0.5, 0.6) is 0 Å². The average Bonchev–Trinajstić information content (AvgIpc) is 2.34. The zero-order valence-corrected chi connectivity index (χ0v) is 12.0. The number of anilines is 1. The lowest BCUT2D eigenvalue weighted by Gasteiger charge is -2.34. The predicted molar refractivity (Wildman–Crippen MR) is 76.1 cm³/mol. The highest BCUT2D eigenvalue weighted by atomic mass is 16.6. The molecule has 1 fully saturated rings. The van der Waals surface area contributed by atoms with E-state index < -0.39 is 4.92 Å². The van der Waals surface area contributed by atoms with E-state index in [1.54, 1.807) is 0 Å². The maximum absolute atomic E-state index is 12.1. The fourth-order valence-electron chi connectivity index (χ4n) is 2.40. The molecule has 0 aromatic heterocycles. The number of nitro groups is 1. The van der Waals surface area contributed by atoms with Crippen LogP contribution in [0.1, 0.15) is 32.3 Å². The van der Waals surface area contributed by atoms with Gasteiger partial charge >= 0.3 is 0 Å². The van der Waals surface area contributed by atoms with E-state index in [0.29, 0.717) is 11.3 Å². The van der Waals surface area contributed by atoms with Crippen LogP contribution < -0.4 is 5.73 Å². The molecule has 1 saturated heterocycles. The highest BCUT2D eigenvalue weighted by Gasteiger charge is 2.37. The number of hydrogen-bond donors (Lipinski definition) is 1. The number of nitrogens with zero attached hydrogens (tertiary/aromatic N) is 2. The Hall–Kier alpha value is -2.44. The Bertz CT molecular complexity index is 605. The second-order valence-corrected chi connectivity index (χ2v) is 6.03. The van der Waals surface area contributed by atoms with Gasteiger partial charge in [-0.3, -0.25) is 24.6 Å². The lowest BCUT2D eigenvalue weighted by Crippen LogP contribution is -2.45. The van der Waals surface area contributed by atoms with Crippen LogP contribution in [0, 0.1) is 15.5 Å². The molecule has 7 nitrogen and oxygen atoms in total. The summed E-state index contributed by atoms with van der Waals surface area (Å²) in [7, 11) is 0. The van der Waals surface area contributed by atoms with Crippen LogP contribution in [0.25, 0.3) is 0 Å². The van der Waals surface area contributed by atoms with Crippen molar-refractivity contribution < 1.29 is 14.5 Å². The number of rotatable bonds is 3. The Morgan fingerprint density at radius 2 is 1.86 bits per heavy atom. The highest BCUT2D eigenvalue weighted by molar-refractivity contribution is 5.98. The van der Waals surface area contributed by atoms with Crippen LogP contribution in [0.4, 0.5) is 11.4 Å². The van der Waals surface area contributed by atoms with Crippen LogP contribution in [0.2, 0.25) is 0 Å². The molecule has 0 radical (unpaired) electrons. The molecular formula is C14H17N3O4. The van der Waals surface area contributed by atoms with E-state index >= 15 is 0 Å². The van der Waals surface area contributed by atoms with Crippen molar-refractivity contribution >= 4 is 23.2 Å². The van der Waals surface area contributed by atoms with Crippen LogP contribution in [-0.2, 0) is 16.1 Å². The summed E-state index contributed by atoms with van der Waals surface area (Å²) < 4.78 is 0. The maximum atomic E-state index is 12.1. The zero-order valence-electron chi connectivity index (χ0n) is 12.0. The topological polar surface area (TPSA) is 107 Å². The number of imide groups is 1. The van der Waals surface area contributed by atoms with Crippen molar-refractivity contribution in [2.75, 3.05) is 5.73 Å². The van der Waals surface area contributed by atoms with Gasteiger partial charge in [0.1, 0.15) is 0 Å². The van der Waals surface area contributed by atoms with Gasteiger partial charge < -0.3 is 5.73 Å². The summed E-state index contributed by atoms with van der Waals surface area (Å²) in [5.74, 6) is -0.552. The monoisotopic (exact) mass is 291 g/mol. The van der Waals surface area contributed by atoms with E-state index in [4.69, 9.17) is 5.73 Å². The van der Waals surface area contributed by atoms with Gasteiger partial charge in [-0.2, -0.15) is 0 Å². The Morgan fingerprint density at radius 1 is 1.29 bits per heavy atom. The summed E-state index contributed by atoms with van der Waals surface area (Å²) in [5.41, 5.74) is 6.05. The lowest BCUT2D eigenvalue weighted by molar-refractivity contribution is -0.384. The first-order valence-electron chi connectivity index (χ1n) is 6.55. The number of benzene rings is 1. The number of hydrogen-bond acceptors (Lipinski definition) is 5. The smallest absolute Gasteiger partial charge is 0.269 e. The normalized spacial score (nSPS) is 17.9. The van der Waals surface area contributed by atoms with Gasteiger partial charge in [-0.1, -0.05) is 13.8 Å². The Balaban J connectivity index is 2.26. The molecule has 0 aliphatic carbocycles.